The van der Waals surface area contributed by atoms with Crippen LogP contribution in [-0.4, -0.2) is 61.5 Å². The highest BCUT2D eigenvalue weighted by Gasteiger charge is 2.21. The summed E-state index contributed by atoms with van der Waals surface area (Å²) in [6.45, 7) is 7.99. The maximum absolute atomic E-state index is 5.78. The molecule has 3 nitrogen and oxygen atoms in total. The van der Waals surface area contributed by atoms with Gasteiger partial charge >= 0.3 is 0 Å². The van der Waals surface area contributed by atoms with Gasteiger partial charge in [0.15, 0.2) is 0 Å². The summed E-state index contributed by atoms with van der Waals surface area (Å²) in [6, 6.07) is 9.03. The molecule has 2 fully saturated rings. The van der Waals surface area contributed by atoms with Gasteiger partial charge in [0, 0.05) is 37.7 Å². The fraction of sp³-hybridized carbons (Fsp3) is 0.667. The molecule has 0 radical (unpaired) electrons. The minimum atomic E-state index is 0.491. The maximum atomic E-state index is 5.78. The van der Waals surface area contributed by atoms with Crippen molar-refractivity contribution in [2.75, 3.05) is 45.6 Å². The van der Waals surface area contributed by atoms with Crippen LogP contribution in [-0.2, 0) is 11.3 Å². The minimum Gasteiger partial charge on any atom is -0.377 e. The molecule has 1 unspecified atom stereocenters. The zero-order valence-electron chi connectivity index (χ0n) is 13.7. The molecule has 3 rings (SSSR count). The molecule has 122 valence electrons. The third-order valence-electron chi connectivity index (χ3n) is 4.73. The van der Waals surface area contributed by atoms with Crippen LogP contribution >= 0.6 is 11.8 Å². The lowest BCUT2D eigenvalue weighted by Gasteiger charge is -2.24. The Labute approximate surface area is 139 Å². The number of benzene rings is 1. The Morgan fingerprint density at radius 3 is 2.55 bits per heavy atom. The number of hydrogen-bond donors (Lipinski definition) is 0. The Morgan fingerprint density at radius 2 is 1.82 bits per heavy atom. The number of hydrogen-bond acceptors (Lipinski definition) is 4. The van der Waals surface area contributed by atoms with Crippen LogP contribution in [0.2, 0.25) is 0 Å². The molecule has 0 amide bonds. The lowest BCUT2D eigenvalue weighted by molar-refractivity contribution is 0.0742. The fourth-order valence-electron chi connectivity index (χ4n) is 3.43. The van der Waals surface area contributed by atoms with E-state index in [1.165, 1.54) is 55.9 Å². The van der Waals surface area contributed by atoms with E-state index in [0.717, 1.165) is 19.7 Å². The van der Waals surface area contributed by atoms with Gasteiger partial charge < -0.3 is 4.74 Å². The van der Waals surface area contributed by atoms with Crippen LogP contribution in [0.3, 0.4) is 0 Å². The quantitative estimate of drug-likeness (QED) is 0.774. The minimum absolute atomic E-state index is 0.491. The van der Waals surface area contributed by atoms with Crippen LogP contribution in [0.1, 0.15) is 24.8 Å². The highest BCUT2D eigenvalue weighted by molar-refractivity contribution is 7.98. The van der Waals surface area contributed by atoms with Gasteiger partial charge in [-0.25, -0.2) is 0 Å². The van der Waals surface area contributed by atoms with Crippen molar-refractivity contribution in [3.05, 3.63) is 29.8 Å². The summed E-state index contributed by atoms with van der Waals surface area (Å²) in [7, 11) is 0. The molecule has 0 aromatic heterocycles. The highest BCUT2D eigenvalue weighted by atomic mass is 32.2. The van der Waals surface area contributed by atoms with Crippen LogP contribution in [0.5, 0.6) is 0 Å². The molecule has 22 heavy (non-hydrogen) atoms. The second kappa shape index (κ2) is 8.34. The molecule has 0 aliphatic carbocycles. The first-order valence-electron chi connectivity index (χ1n) is 8.53. The summed E-state index contributed by atoms with van der Waals surface area (Å²) in [5, 5.41) is 0. The van der Waals surface area contributed by atoms with E-state index in [-0.39, 0.29) is 0 Å². The number of thioether (sulfide) groups is 1. The normalized spacial score (nSPS) is 24.5. The molecular weight excluding hydrogens is 292 g/mol. The van der Waals surface area contributed by atoms with E-state index in [0.29, 0.717) is 6.10 Å². The van der Waals surface area contributed by atoms with E-state index in [4.69, 9.17) is 4.74 Å². The summed E-state index contributed by atoms with van der Waals surface area (Å²) < 4.78 is 5.78. The van der Waals surface area contributed by atoms with Gasteiger partial charge in [-0.15, -0.1) is 11.8 Å². The smallest absolute Gasteiger partial charge is 0.0702 e. The largest absolute Gasteiger partial charge is 0.377 e. The molecule has 2 aliphatic heterocycles. The molecule has 1 atom stereocenters. The van der Waals surface area contributed by atoms with Crippen LogP contribution in [0, 0.1) is 0 Å². The van der Waals surface area contributed by atoms with Crippen molar-refractivity contribution in [3.8, 4) is 0 Å². The van der Waals surface area contributed by atoms with Crippen LogP contribution in [0.25, 0.3) is 0 Å². The van der Waals surface area contributed by atoms with Crippen molar-refractivity contribution in [1.82, 2.24) is 9.80 Å². The molecule has 0 saturated carbocycles. The third-order valence-corrected chi connectivity index (χ3v) is 5.48. The molecular formula is C18H28N2OS. The van der Waals surface area contributed by atoms with E-state index in [9.17, 15) is 0 Å². The zero-order valence-corrected chi connectivity index (χ0v) is 14.5. The summed E-state index contributed by atoms with van der Waals surface area (Å²) in [4.78, 5) is 6.55. The Hall–Kier alpha value is -0.550. The van der Waals surface area contributed by atoms with Crippen molar-refractivity contribution in [1.29, 1.82) is 0 Å². The second-order valence-corrected chi connectivity index (χ2v) is 7.29. The van der Waals surface area contributed by atoms with Crippen molar-refractivity contribution in [2.24, 2.45) is 0 Å². The summed E-state index contributed by atoms with van der Waals surface area (Å²) in [6.07, 6.45) is 6.39. The number of ether oxygens (including phenoxy) is 1. The molecule has 2 aliphatic rings. The van der Waals surface area contributed by atoms with Gasteiger partial charge in [-0.1, -0.05) is 12.1 Å². The highest BCUT2D eigenvalue weighted by Crippen LogP contribution is 2.17. The van der Waals surface area contributed by atoms with Crippen LogP contribution < -0.4 is 0 Å². The van der Waals surface area contributed by atoms with E-state index < -0.39 is 0 Å². The fourth-order valence-corrected chi connectivity index (χ4v) is 3.84. The van der Waals surface area contributed by atoms with Gasteiger partial charge in [0.25, 0.3) is 0 Å². The Kier molecular flexibility index (Phi) is 6.19. The molecule has 0 N–H and O–H groups in total. The first-order valence-corrected chi connectivity index (χ1v) is 9.75. The standard InChI is InChI=1S/C18H28N2OS/c1-22-18-7-5-16(6-8-18)14-19-9-3-10-20(12-11-19)15-17-4-2-13-21-17/h5-8,17H,2-4,9-15H2,1H3. The van der Waals surface area contributed by atoms with E-state index >= 15 is 0 Å². The third kappa shape index (κ3) is 4.72. The van der Waals surface area contributed by atoms with E-state index in [2.05, 4.69) is 40.3 Å². The Balaban J connectivity index is 1.46. The Morgan fingerprint density at radius 1 is 1.05 bits per heavy atom. The molecule has 4 heteroatoms. The first kappa shape index (κ1) is 16.3. The number of rotatable bonds is 5. The van der Waals surface area contributed by atoms with E-state index in [1.54, 1.807) is 0 Å². The molecule has 0 spiro atoms. The zero-order chi connectivity index (χ0) is 15.2. The van der Waals surface area contributed by atoms with E-state index in [1.807, 2.05) is 11.8 Å². The molecule has 2 heterocycles. The number of nitrogens with zero attached hydrogens (tertiary/aromatic N) is 2. The lowest BCUT2D eigenvalue weighted by atomic mass is 10.2. The first-order chi connectivity index (χ1) is 10.8. The van der Waals surface area contributed by atoms with Gasteiger partial charge in [0.1, 0.15) is 0 Å². The molecule has 2 saturated heterocycles. The Bertz CT molecular complexity index is 445. The van der Waals surface area contributed by atoms with Crippen molar-refractivity contribution in [3.63, 3.8) is 0 Å². The molecule has 1 aromatic rings. The van der Waals surface area contributed by atoms with Gasteiger partial charge in [-0.3, -0.25) is 9.80 Å². The molecule has 1 aromatic carbocycles. The van der Waals surface area contributed by atoms with Gasteiger partial charge in [0.2, 0.25) is 0 Å². The predicted molar refractivity (Wildman–Crippen MR) is 93.5 cm³/mol. The molecule has 0 bridgehead atoms. The lowest BCUT2D eigenvalue weighted by Crippen LogP contribution is -2.35. The SMILES string of the molecule is CSc1ccc(CN2CCCN(CC3CCCO3)CC2)cc1. The summed E-state index contributed by atoms with van der Waals surface area (Å²) in [5.74, 6) is 0. The van der Waals surface area contributed by atoms with Gasteiger partial charge in [-0.2, -0.15) is 0 Å². The van der Waals surface area contributed by atoms with Crippen molar-refractivity contribution < 1.29 is 4.74 Å². The van der Waals surface area contributed by atoms with Gasteiger partial charge in [0.05, 0.1) is 6.10 Å². The average Bonchev–Trinajstić information content (AvgIpc) is 2.96. The maximum Gasteiger partial charge on any atom is 0.0702 e. The van der Waals surface area contributed by atoms with Gasteiger partial charge in [-0.05, 0) is 56.3 Å². The van der Waals surface area contributed by atoms with Crippen molar-refractivity contribution >= 4 is 11.8 Å². The van der Waals surface area contributed by atoms with Crippen molar-refractivity contribution in [2.45, 2.75) is 36.8 Å². The topological polar surface area (TPSA) is 15.7 Å². The second-order valence-electron chi connectivity index (χ2n) is 6.41. The predicted octanol–water partition coefficient (Wildman–Crippen LogP) is 3.10. The monoisotopic (exact) mass is 320 g/mol. The average molecular weight is 321 g/mol. The summed E-state index contributed by atoms with van der Waals surface area (Å²) >= 11 is 1.81. The summed E-state index contributed by atoms with van der Waals surface area (Å²) in [5.41, 5.74) is 1.44. The van der Waals surface area contributed by atoms with Crippen LogP contribution in [0.4, 0.5) is 0 Å². The van der Waals surface area contributed by atoms with Crippen LogP contribution in [0.15, 0.2) is 29.2 Å².